The Kier molecular flexibility index (Phi) is 5.09. The summed E-state index contributed by atoms with van der Waals surface area (Å²) in [7, 11) is 1.27. The molecule has 1 aliphatic carbocycles. The summed E-state index contributed by atoms with van der Waals surface area (Å²) in [5.41, 5.74) is 2.33. The zero-order chi connectivity index (χ0) is 23.3. The normalized spacial score (nSPS) is 17.0. The number of esters is 1. The number of thiophene rings is 1. The topological polar surface area (TPSA) is 101 Å². The van der Waals surface area contributed by atoms with E-state index in [1.54, 1.807) is 0 Å². The molecule has 0 unspecified atom stereocenters. The third-order valence-electron chi connectivity index (χ3n) is 6.24. The van der Waals surface area contributed by atoms with Crippen LogP contribution in [0, 0.1) is 0 Å². The molecule has 0 bridgehead atoms. The summed E-state index contributed by atoms with van der Waals surface area (Å²) in [6.45, 7) is 0. The highest BCUT2D eigenvalue weighted by Crippen LogP contribution is 2.46. The highest BCUT2D eigenvalue weighted by Gasteiger charge is 2.42. The second-order valence-electron chi connectivity index (χ2n) is 8.04. The highest BCUT2D eigenvalue weighted by atomic mass is 32.1. The summed E-state index contributed by atoms with van der Waals surface area (Å²) in [4.78, 5) is 52.4. The Bertz CT molecular complexity index is 1330. The van der Waals surface area contributed by atoms with Crippen molar-refractivity contribution in [3.63, 3.8) is 0 Å². The lowest BCUT2D eigenvalue weighted by Gasteiger charge is -2.23. The first-order valence-corrected chi connectivity index (χ1v) is 11.3. The third-order valence-corrected chi connectivity index (χ3v) is 7.48. The molecule has 0 fully saturated rings. The second-order valence-corrected chi connectivity index (χ2v) is 9.12. The fraction of sp³-hybridized carbons (Fsp3) is 0.200. The Balaban J connectivity index is 1.58. The molecule has 2 heterocycles. The van der Waals surface area contributed by atoms with Crippen molar-refractivity contribution >= 4 is 40.1 Å². The van der Waals surface area contributed by atoms with E-state index in [4.69, 9.17) is 4.74 Å². The molecule has 1 N–H and O–H groups in total. The molecule has 5 rings (SSSR count). The SMILES string of the molecule is COC(=O)c1c(N2C(=O)c3ccc(C(=O)O)cc3C2=O)sc2c1CC[C@@H](c1ccccc1)C2. The number of hydrogen-bond acceptors (Lipinski definition) is 6. The van der Waals surface area contributed by atoms with Crippen LogP contribution >= 0.6 is 11.3 Å². The quantitative estimate of drug-likeness (QED) is 0.459. The fourth-order valence-corrected chi connectivity index (χ4v) is 6.02. The van der Waals surface area contributed by atoms with Crippen LogP contribution in [-0.2, 0) is 17.6 Å². The van der Waals surface area contributed by atoms with Crippen molar-refractivity contribution in [2.45, 2.75) is 25.2 Å². The van der Waals surface area contributed by atoms with Gasteiger partial charge in [0, 0.05) is 4.88 Å². The van der Waals surface area contributed by atoms with Crippen molar-refractivity contribution in [1.29, 1.82) is 0 Å². The molecule has 166 valence electrons. The van der Waals surface area contributed by atoms with Gasteiger partial charge in [0.15, 0.2) is 0 Å². The maximum atomic E-state index is 13.2. The molecule has 33 heavy (non-hydrogen) atoms. The van der Waals surface area contributed by atoms with Gasteiger partial charge in [-0.1, -0.05) is 30.3 Å². The average molecular weight is 461 g/mol. The molecule has 0 spiro atoms. The lowest BCUT2D eigenvalue weighted by molar-refractivity contribution is 0.0599. The van der Waals surface area contributed by atoms with Gasteiger partial charge in [-0.2, -0.15) is 0 Å². The van der Waals surface area contributed by atoms with Gasteiger partial charge in [0.25, 0.3) is 11.8 Å². The smallest absolute Gasteiger partial charge is 0.341 e. The van der Waals surface area contributed by atoms with Crippen molar-refractivity contribution in [3.05, 3.63) is 86.8 Å². The van der Waals surface area contributed by atoms with Gasteiger partial charge in [-0.05, 0) is 54.5 Å². The molecule has 7 nitrogen and oxygen atoms in total. The van der Waals surface area contributed by atoms with Crippen LogP contribution in [0.25, 0.3) is 0 Å². The number of ether oxygens (including phenoxy) is 1. The van der Waals surface area contributed by atoms with E-state index in [-0.39, 0.29) is 33.2 Å². The summed E-state index contributed by atoms with van der Waals surface area (Å²) in [5, 5.41) is 9.50. The number of fused-ring (bicyclic) bond motifs is 2. The van der Waals surface area contributed by atoms with Gasteiger partial charge in [-0.15, -0.1) is 11.3 Å². The van der Waals surface area contributed by atoms with E-state index in [1.807, 2.05) is 18.2 Å². The standard InChI is InChI=1S/C25H19NO6S/c1-32-25(31)20-17-10-7-14(13-5-3-2-4-6-13)12-19(17)33-23(20)26-21(27)16-9-8-15(24(29)30)11-18(16)22(26)28/h2-6,8-9,11,14H,7,10,12H2,1H3,(H,29,30)/t14-/m1/s1. The Morgan fingerprint density at radius 3 is 2.48 bits per heavy atom. The number of methoxy groups -OCH3 is 1. The van der Waals surface area contributed by atoms with Crippen LogP contribution in [-0.4, -0.2) is 36.0 Å². The van der Waals surface area contributed by atoms with Crippen molar-refractivity contribution in [3.8, 4) is 0 Å². The highest BCUT2D eigenvalue weighted by molar-refractivity contribution is 7.17. The summed E-state index contributed by atoms with van der Waals surface area (Å²) in [6.07, 6.45) is 2.16. The Morgan fingerprint density at radius 2 is 1.79 bits per heavy atom. The molecule has 3 aromatic rings. The summed E-state index contributed by atoms with van der Waals surface area (Å²) >= 11 is 1.26. The van der Waals surface area contributed by atoms with E-state index in [2.05, 4.69) is 12.1 Å². The zero-order valence-corrected chi connectivity index (χ0v) is 18.5. The molecule has 2 aromatic carbocycles. The molecule has 0 saturated heterocycles. The van der Waals surface area contributed by atoms with Gasteiger partial charge in [0.05, 0.1) is 29.4 Å². The number of carboxylic acid groups (broad SMARTS) is 1. The third kappa shape index (κ3) is 3.34. The van der Waals surface area contributed by atoms with E-state index in [9.17, 15) is 24.3 Å². The van der Waals surface area contributed by atoms with E-state index in [0.717, 1.165) is 21.8 Å². The molecule has 0 radical (unpaired) electrons. The molecular weight excluding hydrogens is 442 g/mol. The van der Waals surface area contributed by atoms with Crippen LogP contribution in [0.4, 0.5) is 5.00 Å². The molecule has 1 aliphatic heterocycles. The molecule has 2 aliphatic rings. The number of amides is 2. The maximum absolute atomic E-state index is 13.2. The van der Waals surface area contributed by atoms with Gasteiger partial charge < -0.3 is 9.84 Å². The monoisotopic (exact) mass is 461 g/mol. The molecular formula is C25H19NO6S. The van der Waals surface area contributed by atoms with E-state index < -0.39 is 23.8 Å². The van der Waals surface area contributed by atoms with Crippen molar-refractivity contribution < 1.29 is 29.0 Å². The molecule has 2 amide bonds. The van der Waals surface area contributed by atoms with Crippen LogP contribution in [0.2, 0.25) is 0 Å². The fourth-order valence-electron chi connectivity index (χ4n) is 4.61. The number of aromatic carboxylic acids is 1. The largest absolute Gasteiger partial charge is 0.478 e. The van der Waals surface area contributed by atoms with Crippen LogP contribution in [0.5, 0.6) is 0 Å². The number of hydrogen-bond donors (Lipinski definition) is 1. The number of rotatable bonds is 4. The maximum Gasteiger partial charge on any atom is 0.341 e. The number of nitrogens with zero attached hydrogens (tertiary/aromatic N) is 1. The first kappa shape index (κ1) is 21.1. The molecule has 1 aromatic heterocycles. The van der Waals surface area contributed by atoms with Gasteiger partial charge in [0.1, 0.15) is 5.00 Å². The Labute approximate surface area is 193 Å². The first-order chi connectivity index (χ1) is 15.9. The van der Waals surface area contributed by atoms with Gasteiger partial charge in [-0.25, -0.2) is 14.5 Å². The lowest BCUT2D eigenvalue weighted by atomic mass is 9.83. The summed E-state index contributed by atoms with van der Waals surface area (Å²) in [6, 6.07) is 14.0. The predicted molar refractivity (Wildman–Crippen MR) is 121 cm³/mol. The minimum absolute atomic E-state index is 0.0178. The first-order valence-electron chi connectivity index (χ1n) is 10.4. The molecule has 1 atom stereocenters. The van der Waals surface area contributed by atoms with Crippen molar-refractivity contribution in [1.82, 2.24) is 0 Å². The molecule has 0 saturated carbocycles. The number of anilines is 1. The number of carboxylic acids is 1. The lowest BCUT2D eigenvalue weighted by Crippen LogP contribution is -2.30. The van der Waals surface area contributed by atoms with E-state index in [0.29, 0.717) is 12.8 Å². The van der Waals surface area contributed by atoms with Crippen LogP contribution in [0.15, 0.2) is 48.5 Å². The Hall–Kier alpha value is -3.78. The predicted octanol–water partition coefficient (Wildman–Crippen LogP) is 4.31. The van der Waals surface area contributed by atoms with E-state index in [1.165, 1.54) is 42.2 Å². The van der Waals surface area contributed by atoms with Gasteiger partial charge >= 0.3 is 11.9 Å². The number of carbonyl (C=O) groups excluding carboxylic acids is 3. The molecule has 8 heteroatoms. The van der Waals surface area contributed by atoms with E-state index >= 15 is 0 Å². The Morgan fingerprint density at radius 1 is 1.06 bits per heavy atom. The summed E-state index contributed by atoms with van der Waals surface area (Å²) < 4.78 is 5.01. The number of benzene rings is 2. The van der Waals surface area contributed by atoms with Crippen molar-refractivity contribution in [2.75, 3.05) is 12.0 Å². The zero-order valence-electron chi connectivity index (χ0n) is 17.7. The van der Waals surface area contributed by atoms with Gasteiger partial charge in [0.2, 0.25) is 0 Å². The van der Waals surface area contributed by atoms with Crippen LogP contribution in [0.1, 0.15) is 69.8 Å². The number of carbonyl (C=O) groups is 4. The van der Waals surface area contributed by atoms with Crippen LogP contribution < -0.4 is 4.90 Å². The summed E-state index contributed by atoms with van der Waals surface area (Å²) in [5.74, 6) is -2.72. The average Bonchev–Trinajstić information content (AvgIpc) is 3.32. The number of imide groups is 1. The minimum Gasteiger partial charge on any atom is -0.478 e. The van der Waals surface area contributed by atoms with Gasteiger partial charge in [-0.3, -0.25) is 9.59 Å². The second kappa shape index (κ2) is 7.97. The van der Waals surface area contributed by atoms with Crippen LogP contribution in [0.3, 0.4) is 0 Å². The van der Waals surface area contributed by atoms with Crippen molar-refractivity contribution in [2.24, 2.45) is 0 Å². The minimum atomic E-state index is -1.19.